The number of nitrogen functional groups attached to an aromatic ring is 1. The fourth-order valence-corrected chi connectivity index (χ4v) is 2.25. The number of hydrogen-bond acceptors (Lipinski definition) is 6. The van der Waals surface area contributed by atoms with E-state index >= 15 is 0 Å². The SMILES string of the molecule is Nn1cc(-c2cnc3c(Nc4ccccn4)nccn23)cn1. The van der Waals surface area contributed by atoms with Crippen molar-refractivity contribution in [2.45, 2.75) is 0 Å². The predicted molar refractivity (Wildman–Crippen MR) is 81.9 cm³/mol. The third-order valence-corrected chi connectivity index (χ3v) is 3.24. The lowest BCUT2D eigenvalue weighted by atomic mass is 10.3. The van der Waals surface area contributed by atoms with Gasteiger partial charge in [0, 0.05) is 24.2 Å². The van der Waals surface area contributed by atoms with Crippen molar-refractivity contribution in [3.05, 3.63) is 55.4 Å². The molecule has 0 saturated carbocycles. The summed E-state index contributed by atoms with van der Waals surface area (Å²) in [5.41, 5.74) is 2.47. The van der Waals surface area contributed by atoms with E-state index in [1.54, 1.807) is 31.0 Å². The Morgan fingerprint density at radius 1 is 1.05 bits per heavy atom. The molecule has 0 spiro atoms. The standard InChI is InChI=1S/C14H12N8/c15-22-9-10(7-19-22)11-8-18-14-13(17-5-6-21(11)14)20-12-3-1-2-4-16-12/h1-9H,15H2,(H,16,17,20). The Morgan fingerprint density at radius 3 is 2.77 bits per heavy atom. The van der Waals surface area contributed by atoms with Gasteiger partial charge in [0.1, 0.15) is 5.82 Å². The molecule has 8 heteroatoms. The topological polar surface area (TPSA) is 99.0 Å². The zero-order valence-electron chi connectivity index (χ0n) is 11.5. The van der Waals surface area contributed by atoms with Crippen molar-refractivity contribution in [2.24, 2.45) is 0 Å². The van der Waals surface area contributed by atoms with E-state index in [0.717, 1.165) is 11.3 Å². The first-order valence-electron chi connectivity index (χ1n) is 6.61. The predicted octanol–water partition coefficient (Wildman–Crippen LogP) is 1.45. The molecule has 3 N–H and O–H groups in total. The summed E-state index contributed by atoms with van der Waals surface area (Å²) in [7, 11) is 0. The number of rotatable bonds is 3. The Balaban J connectivity index is 1.80. The van der Waals surface area contributed by atoms with E-state index in [4.69, 9.17) is 5.84 Å². The molecular formula is C14H12N8. The van der Waals surface area contributed by atoms with Crippen molar-refractivity contribution >= 4 is 17.3 Å². The lowest BCUT2D eigenvalue weighted by Crippen LogP contribution is -2.07. The molecule has 4 aromatic heterocycles. The third kappa shape index (κ3) is 2.03. The minimum absolute atomic E-state index is 0.632. The van der Waals surface area contributed by atoms with Gasteiger partial charge in [-0.05, 0) is 12.1 Å². The Hall–Kier alpha value is -3.42. The third-order valence-electron chi connectivity index (χ3n) is 3.24. The van der Waals surface area contributed by atoms with Crippen LogP contribution in [0, 0.1) is 0 Å². The van der Waals surface area contributed by atoms with Crippen molar-refractivity contribution in [3.63, 3.8) is 0 Å². The van der Waals surface area contributed by atoms with Gasteiger partial charge in [0.25, 0.3) is 0 Å². The highest BCUT2D eigenvalue weighted by Crippen LogP contribution is 2.23. The number of nitrogens with two attached hydrogens (primary N) is 1. The van der Waals surface area contributed by atoms with E-state index in [-0.39, 0.29) is 0 Å². The molecule has 0 saturated heterocycles. The molecule has 0 aliphatic rings. The van der Waals surface area contributed by atoms with Crippen LogP contribution in [0.15, 0.2) is 55.4 Å². The Morgan fingerprint density at radius 2 is 2.00 bits per heavy atom. The summed E-state index contributed by atoms with van der Waals surface area (Å²) < 4.78 is 1.93. The second-order valence-corrected chi connectivity index (χ2v) is 4.66. The van der Waals surface area contributed by atoms with Gasteiger partial charge >= 0.3 is 0 Å². The molecule has 0 aliphatic heterocycles. The van der Waals surface area contributed by atoms with Crippen molar-refractivity contribution in [3.8, 4) is 11.3 Å². The molecular weight excluding hydrogens is 280 g/mol. The molecule has 4 heterocycles. The maximum Gasteiger partial charge on any atom is 0.180 e. The van der Waals surface area contributed by atoms with Gasteiger partial charge in [0.05, 0.1) is 24.3 Å². The van der Waals surface area contributed by atoms with E-state index in [0.29, 0.717) is 17.3 Å². The maximum absolute atomic E-state index is 5.60. The highest BCUT2D eigenvalue weighted by Gasteiger charge is 2.11. The molecule has 4 aromatic rings. The van der Waals surface area contributed by atoms with E-state index in [1.807, 2.05) is 28.8 Å². The van der Waals surface area contributed by atoms with Crippen molar-refractivity contribution in [1.29, 1.82) is 0 Å². The number of aromatic nitrogens is 6. The van der Waals surface area contributed by atoms with Crippen molar-refractivity contribution < 1.29 is 0 Å². The Labute approximate surface area is 125 Å². The van der Waals surface area contributed by atoms with Crippen LogP contribution in [0.4, 0.5) is 11.6 Å². The largest absolute Gasteiger partial charge is 0.323 e. The van der Waals surface area contributed by atoms with Crippen LogP contribution in [0.3, 0.4) is 0 Å². The quantitative estimate of drug-likeness (QED) is 0.554. The van der Waals surface area contributed by atoms with E-state index in [9.17, 15) is 0 Å². The molecule has 0 amide bonds. The van der Waals surface area contributed by atoms with Gasteiger partial charge in [-0.2, -0.15) is 9.89 Å². The first kappa shape index (κ1) is 12.3. The molecule has 0 bridgehead atoms. The number of nitrogens with one attached hydrogen (secondary N) is 1. The number of pyridine rings is 1. The zero-order chi connectivity index (χ0) is 14.9. The van der Waals surface area contributed by atoms with Crippen molar-refractivity contribution in [1.82, 2.24) is 29.2 Å². The molecule has 0 unspecified atom stereocenters. The zero-order valence-corrected chi connectivity index (χ0v) is 11.5. The summed E-state index contributed by atoms with van der Waals surface area (Å²) in [6.07, 6.45) is 10.4. The minimum atomic E-state index is 0.632. The van der Waals surface area contributed by atoms with Gasteiger partial charge in [-0.1, -0.05) is 6.07 Å². The van der Waals surface area contributed by atoms with Gasteiger partial charge in [0.15, 0.2) is 11.5 Å². The van der Waals surface area contributed by atoms with Gasteiger partial charge in [-0.3, -0.25) is 4.40 Å². The maximum atomic E-state index is 5.60. The van der Waals surface area contributed by atoms with Gasteiger partial charge in [0.2, 0.25) is 0 Å². The first-order chi connectivity index (χ1) is 10.8. The van der Waals surface area contributed by atoms with E-state index in [2.05, 4.69) is 25.4 Å². The van der Waals surface area contributed by atoms with Crippen LogP contribution in [0.5, 0.6) is 0 Å². The summed E-state index contributed by atoms with van der Waals surface area (Å²) in [6, 6.07) is 5.63. The number of nitrogens with zero attached hydrogens (tertiary/aromatic N) is 6. The van der Waals surface area contributed by atoms with E-state index < -0.39 is 0 Å². The van der Waals surface area contributed by atoms with E-state index in [1.165, 1.54) is 4.79 Å². The molecule has 0 radical (unpaired) electrons. The number of hydrogen-bond donors (Lipinski definition) is 2. The molecule has 22 heavy (non-hydrogen) atoms. The monoisotopic (exact) mass is 292 g/mol. The van der Waals surface area contributed by atoms with Crippen LogP contribution >= 0.6 is 0 Å². The summed E-state index contributed by atoms with van der Waals surface area (Å²) in [6.45, 7) is 0. The average Bonchev–Trinajstić information content (AvgIpc) is 3.15. The number of anilines is 2. The minimum Gasteiger partial charge on any atom is -0.323 e. The lowest BCUT2D eigenvalue weighted by Gasteiger charge is -2.06. The normalized spacial score (nSPS) is 10.9. The highest BCUT2D eigenvalue weighted by molar-refractivity contribution is 5.72. The number of fused-ring (bicyclic) bond motifs is 1. The first-order valence-corrected chi connectivity index (χ1v) is 6.61. The summed E-state index contributed by atoms with van der Waals surface area (Å²) in [5, 5.41) is 7.15. The van der Waals surface area contributed by atoms with Crippen LogP contribution < -0.4 is 11.2 Å². The fraction of sp³-hybridized carbons (Fsp3) is 0. The lowest BCUT2D eigenvalue weighted by molar-refractivity contribution is 0.832. The van der Waals surface area contributed by atoms with Crippen LogP contribution in [-0.2, 0) is 0 Å². The molecule has 0 atom stereocenters. The molecule has 0 fully saturated rings. The fourth-order valence-electron chi connectivity index (χ4n) is 2.25. The van der Waals surface area contributed by atoms with Gasteiger partial charge < -0.3 is 11.2 Å². The summed E-state index contributed by atoms with van der Waals surface area (Å²) in [5.74, 6) is 6.95. The number of imidazole rings is 1. The van der Waals surface area contributed by atoms with Crippen molar-refractivity contribution in [2.75, 3.05) is 11.2 Å². The average molecular weight is 292 g/mol. The van der Waals surface area contributed by atoms with Crippen LogP contribution in [0.25, 0.3) is 16.9 Å². The van der Waals surface area contributed by atoms with Crippen LogP contribution in [0.2, 0.25) is 0 Å². The van der Waals surface area contributed by atoms with Crippen LogP contribution in [-0.4, -0.2) is 29.2 Å². The second-order valence-electron chi connectivity index (χ2n) is 4.66. The second kappa shape index (κ2) is 4.85. The molecule has 108 valence electrons. The molecule has 0 aliphatic carbocycles. The Kier molecular flexibility index (Phi) is 2.72. The molecule has 0 aromatic carbocycles. The van der Waals surface area contributed by atoms with Gasteiger partial charge in [-0.25, -0.2) is 15.0 Å². The molecule has 8 nitrogen and oxygen atoms in total. The smallest absolute Gasteiger partial charge is 0.180 e. The Bertz CT molecular complexity index is 924. The molecule has 4 rings (SSSR count). The highest BCUT2D eigenvalue weighted by atomic mass is 15.5. The summed E-state index contributed by atoms with van der Waals surface area (Å²) in [4.78, 5) is 14.3. The van der Waals surface area contributed by atoms with Gasteiger partial charge in [-0.15, -0.1) is 0 Å². The summed E-state index contributed by atoms with van der Waals surface area (Å²) >= 11 is 0. The van der Waals surface area contributed by atoms with Crippen LogP contribution in [0.1, 0.15) is 0 Å².